The summed E-state index contributed by atoms with van der Waals surface area (Å²) < 4.78 is 7.85. The summed E-state index contributed by atoms with van der Waals surface area (Å²) in [4.78, 5) is 30.3. The van der Waals surface area contributed by atoms with Crippen LogP contribution in [0, 0.1) is 0 Å². The Bertz CT molecular complexity index is 1160. The van der Waals surface area contributed by atoms with Crippen LogP contribution in [0.3, 0.4) is 0 Å². The molecular formula is C24H30BrN7O2. The van der Waals surface area contributed by atoms with Gasteiger partial charge in [-0.3, -0.25) is 0 Å². The van der Waals surface area contributed by atoms with Crippen LogP contribution in [0.2, 0.25) is 0 Å². The summed E-state index contributed by atoms with van der Waals surface area (Å²) in [5.41, 5.74) is 2.36. The van der Waals surface area contributed by atoms with Gasteiger partial charge >= 0.3 is 6.09 Å². The second-order valence-electron chi connectivity index (χ2n) is 8.61. The van der Waals surface area contributed by atoms with E-state index in [0.29, 0.717) is 37.1 Å². The lowest BCUT2D eigenvalue weighted by atomic mass is 9.98. The molecule has 1 amide bonds. The fourth-order valence-corrected chi connectivity index (χ4v) is 4.45. The van der Waals surface area contributed by atoms with E-state index in [4.69, 9.17) is 19.8 Å². The Morgan fingerprint density at radius 3 is 2.82 bits per heavy atom. The fourth-order valence-electron chi connectivity index (χ4n) is 3.87. The highest BCUT2D eigenvalue weighted by Gasteiger charge is 2.29. The molecule has 1 atom stereocenters. The molecule has 9 nitrogen and oxygen atoms in total. The van der Waals surface area contributed by atoms with Crippen LogP contribution in [0.25, 0.3) is 16.9 Å². The van der Waals surface area contributed by atoms with E-state index in [9.17, 15) is 4.79 Å². The van der Waals surface area contributed by atoms with E-state index in [1.165, 1.54) is 0 Å². The molecule has 0 aliphatic carbocycles. The fraction of sp³-hybridized carbons (Fsp3) is 0.458. The monoisotopic (exact) mass is 527 g/mol. The first kappa shape index (κ1) is 24.1. The summed E-state index contributed by atoms with van der Waals surface area (Å²) in [6.07, 6.45) is 5.09. The summed E-state index contributed by atoms with van der Waals surface area (Å²) in [5.74, 6) is 1.14. The number of aromatic nitrogens is 4. The molecule has 34 heavy (non-hydrogen) atoms. The predicted octanol–water partition coefficient (Wildman–Crippen LogP) is 4.89. The van der Waals surface area contributed by atoms with Gasteiger partial charge in [0.2, 0.25) is 0 Å². The Morgan fingerprint density at radius 1 is 1.29 bits per heavy atom. The number of ether oxygens (including phenoxy) is 1. The molecular weight excluding hydrogens is 498 g/mol. The van der Waals surface area contributed by atoms with Gasteiger partial charge in [0, 0.05) is 38.7 Å². The first-order valence-corrected chi connectivity index (χ1v) is 12.4. The van der Waals surface area contributed by atoms with Gasteiger partial charge in [-0.1, -0.05) is 43.7 Å². The Balaban J connectivity index is 1.69. The number of piperidine rings is 1. The molecule has 1 aliphatic rings. The van der Waals surface area contributed by atoms with Gasteiger partial charge in [-0.05, 0) is 35.2 Å². The number of halogens is 1. The van der Waals surface area contributed by atoms with Crippen LogP contribution in [0.5, 0.6) is 0 Å². The van der Waals surface area contributed by atoms with Crippen molar-refractivity contribution in [1.82, 2.24) is 29.4 Å². The SMILES string of the molecule is CCCCOC(=O)N1CCCC(c2nc3c(Br)c(-c4ccccc4)nc(N=CN(C)C)n3n2)C1. The maximum Gasteiger partial charge on any atom is 0.409 e. The molecule has 1 fully saturated rings. The smallest absolute Gasteiger partial charge is 0.409 e. The first-order chi connectivity index (χ1) is 16.5. The molecule has 3 aromatic rings. The van der Waals surface area contributed by atoms with Crippen LogP contribution >= 0.6 is 15.9 Å². The number of hydrogen-bond donors (Lipinski definition) is 0. The van der Waals surface area contributed by atoms with E-state index in [-0.39, 0.29) is 12.0 Å². The third kappa shape index (κ3) is 5.38. The maximum absolute atomic E-state index is 12.5. The van der Waals surface area contributed by atoms with Crippen LogP contribution in [0.1, 0.15) is 44.3 Å². The van der Waals surface area contributed by atoms with Gasteiger partial charge in [0.25, 0.3) is 5.95 Å². The van der Waals surface area contributed by atoms with Crippen molar-refractivity contribution in [2.45, 2.75) is 38.5 Å². The third-order valence-electron chi connectivity index (χ3n) is 5.65. The molecule has 10 heteroatoms. The highest BCUT2D eigenvalue weighted by molar-refractivity contribution is 9.10. The number of fused-ring (bicyclic) bond motifs is 1. The van der Waals surface area contributed by atoms with Gasteiger partial charge in [-0.15, -0.1) is 5.10 Å². The number of unbranched alkanes of at least 4 members (excludes halogenated alkanes) is 1. The van der Waals surface area contributed by atoms with Crippen LogP contribution in [-0.2, 0) is 4.74 Å². The number of rotatable bonds is 7. The van der Waals surface area contributed by atoms with Crippen molar-refractivity contribution in [1.29, 1.82) is 0 Å². The molecule has 0 bridgehead atoms. The van der Waals surface area contributed by atoms with Crippen molar-refractivity contribution in [3.05, 3.63) is 40.6 Å². The van der Waals surface area contributed by atoms with Gasteiger partial charge in [0.15, 0.2) is 11.5 Å². The third-order valence-corrected chi connectivity index (χ3v) is 6.38. The summed E-state index contributed by atoms with van der Waals surface area (Å²) in [6.45, 7) is 3.76. The molecule has 2 aromatic heterocycles. The molecule has 1 saturated heterocycles. The number of nitrogens with zero attached hydrogens (tertiary/aromatic N) is 7. The van der Waals surface area contributed by atoms with Crippen LogP contribution in [0.15, 0.2) is 39.8 Å². The average Bonchev–Trinajstić information content (AvgIpc) is 3.31. The maximum atomic E-state index is 12.5. The Morgan fingerprint density at radius 2 is 2.09 bits per heavy atom. The second-order valence-corrected chi connectivity index (χ2v) is 9.40. The largest absolute Gasteiger partial charge is 0.449 e. The number of carbonyl (C=O) groups is 1. The van der Waals surface area contributed by atoms with E-state index in [0.717, 1.165) is 41.4 Å². The van der Waals surface area contributed by atoms with Crippen molar-refractivity contribution in [2.24, 2.45) is 4.99 Å². The number of aliphatic imine (C=N–C) groups is 1. The second kappa shape index (κ2) is 10.9. The minimum absolute atomic E-state index is 0.0186. The zero-order chi connectivity index (χ0) is 24.1. The molecule has 0 radical (unpaired) electrons. The van der Waals surface area contributed by atoms with Gasteiger partial charge in [-0.25, -0.2) is 19.8 Å². The molecule has 1 aliphatic heterocycles. The Labute approximate surface area is 208 Å². The van der Waals surface area contributed by atoms with Gasteiger partial charge in [0.05, 0.1) is 23.1 Å². The topological polar surface area (TPSA) is 88.2 Å². The first-order valence-electron chi connectivity index (χ1n) is 11.6. The molecule has 180 valence electrons. The lowest BCUT2D eigenvalue weighted by Crippen LogP contribution is -2.39. The van der Waals surface area contributed by atoms with Crippen LogP contribution in [-0.4, -0.2) is 75.6 Å². The number of likely N-dealkylation sites (tertiary alicyclic amines) is 1. The molecule has 0 spiro atoms. The highest BCUT2D eigenvalue weighted by atomic mass is 79.9. The van der Waals surface area contributed by atoms with Crippen molar-refractivity contribution < 1.29 is 9.53 Å². The molecule has 1 aromatic carbocycles. The minimum atomic E-state index is -0.257. The number of hydrogen-bond acceptors (Lipinski definition) is 6. The van der Waals surface area contributed by atoms with Crippen molar-refractivity contribution in [3.63, 3.8) is 0 Å². The average molecular weight is 528 g/mol. The molecule has 0 N–H and O–H groups in total. The van der Waals surface area contributed by atoms with E-state index < -0.39 is 0 Å². The van der Waals surface area contributed by atoms with Crippen LogP contribution in [0.4, 0.5) is 10.7 Å². The Kier molecular flexibility index (Phi) is 7.77. The minimum Gasteiger partial charge on any atom is -0.449 e. The van der Waals surface area contributed by atoms with E-state index in [1.54, 1.807) is 15.8 Å². The lowest BCUT2D eigenvalue weighted by Gasteiger charge is -2.30. The number of benzene rings is 1. The summed E-state index contributed by atoms with van der Waals surface area (Å²) >= 11 is 3.71. The van der Waals surface area contributed by atoms with Crippen molar-refractivity contribution in [2.75, 3.05) is 33.8 Å². The van der Waals surface area contributed by atoms with E-state index >= 15 is 0 Å². The molecule has 3 heterocycles. The van der Waals surface area contributed by atoms with Crippen molar-refractivity contribution >= 4 is 40.0 Å². The van der Waals surface area contributed by atoms with Gasteiger partial charge < -0.3 is 14.5 Å². The number of amides is 1. The number of carbonyl (C=O) groups excluding carboxylic acids is 1. The molecule has 4 rings (SSSR count). The normalized spacial score (nSPS) is 16.4. The predicted molar refractivity (Wildman–Crippen MR) is 136 cm³/mol. The summed E-state index contributed by atoms with van der Waals surface area (Å²) in [5, 5.41) is 4.78. The summed E-state index contributed by atoms with van der Waals surface area (Å²) in [6, 6.07) is 9.93. The standard InChI is InChI=1S/C24H30BrN7O2/c1-4-5-14-34-24(33)31-13-9-12-18(15-31)21-28-22-19(25)20(17-10-7-6-8-11-17)27-23(32(22)29-21)26-16-30(2)3/h6-8,10-11,16,18H,4-5,9,12-15H2,1-3H3. The molecule has 0 saturated carbocycles. The molecule has 1 unspecified atom stereocenters. The zero-order valence-corrected chi connectivity index (χ0v) is 21.4. The lowest BCUT2D eigenvalue weighted by molar-refractivity contribution is 0.0898. The van der Waals surface area contributed by atoms with Crippen LogP contribution < -0.4 is 0 Å². The van der Waals surface area contributed by atoms with Crippen molar-refractivity contribution in [3.8, 4) is 11.3 Å². The highest BCUT2D eigenvalue weighted by Crippen LogP contribution is 2.34. The summed E-state index contributed by atoms with van der Waals surface area (Å²) in [7, 11) is 3.81. The Hall–Kier alpha value is -3.01. The van der Waals surface area contributed by atoms with Gasteiger partial charge in [0.1, 0.15) is 0 Å². The zero-order valence-electron chi connectivity index (χ0n) is 19.8. The van der Waals surface area contributed by atoms with E-state index in [2.05, 4.69) is 27.8 Å². The quantitative estimate of drug-likeness (QED) is 0.247. The van der Waals surface area contributed by atoms with E-state index in [1.807, 2.05) is 49.3 Å². The van der Waals surface area contributed by atoms with Gasteiger partial charge in [-0.2, -0.15) is 4.52 Å².